The molecule has 1 aliphatic carbocycles. The van der Waals surface area contributed by atoms with Gasteiger partial charge in [-0.2, -0.15) is 0 Å². The van der Waals surface area contributed by atoms with Crippen LogP contribution in [0.15, 0.2) is 30.3 Å². The van der Waals surface area contributed by atoms with E-state index in [9.17, 15) is 0 Å². The molecule has 0 aliphatic heterocycles. The van der Waals surface area contributed by atoms with Crippen molar-refractivity contribution in [2.75, 3.05) is 31.1 Å². The summed E-state index contributed by atoms with van der Waals surface area (Å²) in [5.41, 5.74) is 1.85. The van der Waals surface area contributed by atoms with Crippen molar-refractivity contribution in [3.05, 3.63) is 30.3 Å². The molecule has 0 saturated heterocycles. The summed E-state index contributed by atoms with van der Waals surface area (Å²) in [6, 6.07) is 10.9. The summed E-state index contributed by atoms with van der Waals surface area (Å²) in [7, 11) is 0. The van der Waals surface area contributed by atoms with Crippen molar-refractivity contribution < 1.29 is 0 Å². The minimum Gasteiger partial charge on any atom is -0.371 e. The van der Waals surface area contributed by atoms with Crippen LogP contribution in [0.2, 0.25) is 0 Å². The average molecular weight is 288 g/mol. The lowest BCUT2D eigenvalue weighted by atomic mass is 9.73. The number of hydrogen-bond donors (Lipinski definition) is 1. The predicted octanol–water partition coefficient (Wildman–Crippen LogP) is 4.46. The molecule has 0 aromatic heterocycles. The fraction of sp³-hybridized carbons (Fsp3) is 0.684. The first kappa shape index (κ1) is 16.4. The molecule has 1 saturated carbocycles. The van der Waals surface area contributed by atoms with E-state index in [4.69, 9.17) is 0 Å². The SMILES string of the molecule is CCCNCC1(CN(CC)c2ccccc2)CCCCC1. The van der Waals surface area contributed by atoms with Gasteiger partial charge < -0.3 is 10.2 Å². The van der Waals surface area contributed by atoms with Gasteiger partial charge in [0, 0.05) is 30.7 Å². The van der Waals surface area contributed by atoms with Gasteiger partial charge in [0.25, 0.3) is 0 Å². The highest BCUT2D eigenvalue weighted by Crippen LogP contribution is 2.37. The Kier molecular flexibility index (Phi) is 6.56. The molecule has 0 amide bonds. The molecule has 0 radical (unpaired) electrons. The lowest BCUT2D eigenvalue weighted by Crippen LogP contribution is -2.45. The maximum atomic E-state index is 3.70. The number of hydrogen-bond acceptors (Lipinski definition) is 2. The monoisotopic (exact) mass is 288 g/mol. The zero-order chi connectivity index (χ0) is 15.0. The third-order valence-electron chi connectivity index (χ3n) is 4.87. The van der Waals surface area contributed by atoms with Crippen LogP contribution in [0.1, 0.15) is 52.4 Å². The molecule has 0 spiro atoms. The zero-order valence-electron chi connectivity index (χ0n) is 13.9. The Labute approximate surface area is 130 Å². The number of nitrogens with one attached hydrogen (secondary N) is 1. The highest BCUT2D eigenvalue weighted by atomic mass is 15.1. The van der Waals surface area contributed by atoms with Crippen LogP contribution in [0.4, 0.5) is 5.69 Å². The van der Waals surface area contributed by atoms with Gasteiger partial charge in [-0.3, -0.25) is 0 Å². The topological polar surface area (TPSA) is 15.3 Å². The number of rotatable bonds is 8. The van der Waals surface area contributed by atoms with E-state index in [1.807, 2.05) is 0 Å². The number of nitrogens with zero attached hydrogens (tertiary/aromatic N) is 1. The maximum Gasteiger partial charge on any atom is 0.0366 e. The van der Waals surface area contributed by atoms with Gasteiger partial charge in [-0.1, -0.05) is 44.4 Å². The van der Waals surface area contributed by atoms with Crippen LogP contribution in [-0.4, -0.2) is 26.2 Å². The molecule has 0 heterocycles. The van der Waals surface area contributed by atoms with Gasteiger partial charge >= 0.3 is 0 Å². The fourth-order valence-corrected chi connectivity index (χ4v) is 3.65. The molecular weight excluding hydrogens is 256 g/mol. The van der Waals surface area contributed by atoms with E-state index in [2.05, 4.69) is 54.4 Å². The first-order chi connectivity index (χ1) is 10.3. The number of para-hydroxylation sites is 1. The minimum atomic E-state index is 0.471. The zero-order valence-corrected chi connectivity index (χ0v) is 13.9. The second-order valence-electron chi connectivity index (χ2n) is 6.59. The maximum absolute atomic E-state index is 3.70. The van der Waals surface area contributed by atoms with Crippen molar-refractivity contribution in [2.24, 2.45) is 5.41 Å². The summed E-state index contributed by atoms with van der Waals surface area (Å²) in [6.07, 6.45) is 8.22. The van der Waals surface area contributed by atoms with E-state index >= 15 is 0 Å². The van der Waals surface area contributed by atoms with E-state index in [0.717, 1.165) is 13.1 Å². The minimum absolute atomic E-state index is 0.471. The summed E-state index contributed by atoms with van der Waals surface area (Å²) in [5.74, 6) is 0. The molecule has 1 aliphatic rings. The highest BCUT2D eigenvalue weighted by molar-refractivity contribution is 5.46. The van der Waals surface area contributed by atoms with E-state index in [1.165, 1.54) is 57.3 Å². The lowest BCUT2D eigenvalue weighted by Gasteiger charge is -2.42. The fourth-order valence-electron chi connectivity index (χ4n) is 3.65. The largest absolute Gasteiger partial charge is 0.371 e. The predicted molar refractivity (Wildman–Crippen MR) is 93.0 cm³/mol. The molecule has 0 bridgehead atoms. The van der Waals surface area contributed by atoms with Crippen molar-refractivity contribution >= 4 is 5.69 Å². The third kappa shape index (κ3) is 4.74. The molecule has 0 atom stereocenters. The van der Waals surface area contributed by atoms with Crippen LogP contribution < -0.4 is 10.2 Å². The molecule has 1 aromatic carbocycles. The van der Waals surface area contributed by atoms with Gasteiger partial charge in [0.05, 0.1) is 0 Å². The Balaban J connectivity index is 2.05. The van der Waals surface area contributed by atoms with Crippen LogP contribution >= 0.6 is 0 Å². The molecule has 1 aromatic rings. The van der Waals surface area contributed by atoms with E-state index in [-0.39, 0.29) is 0 Å². The lowest BCUT2D eigenvalue weighted by molar-refractivity contribution is 0.188. The Hall–Kier alpha value is -1.02. The summed E-state index contributed by atoms with van der Waals surface area (Å²) in [5, 5.41) is 3.70. The van der Waals surface area contributed by atoms with Crippen LogP contribution in [0.5, 0.6) is 0 Å². The van der Waals surface area contributed by atoms with Crippen LogP contribution in [0, 0.1) is 5.41 Å². The van der Waals surface area contributed by atoms with Crippen LogP contribution in [-0.2, 0) is 0 Å². The van der Waals surface area contributed by atoms with Crippen molar-refractivity contribution in [1.29, 1.82) is 0 Å². The van der Waals surface area contributed by atoms with Gasteiger partial charge in [0.15, 0.2) is 0 Å². The Morgan fingerprint density at radius 1 is 1.05 bits per heavy atom. The van der Waals surface area contributed by atoms with Crippen LogP contribution in [0.3, 0.4) is 0 Å². The number of anilines is 1. The molecule has 1 N–H and O–H groups in total. The van der Waals surface area contributed by atoms with E-state index in [0.29, 0.717) is 5.41 Å². The molecule has 0 unspecified atom stereocenters. The van der Waals surface area contributed by atoms with Crippen molar-refractivity contribution in [3.8, 4) is 0 Å². The Morgan fingerprint density at radius 2 is 1.76 bits per heavy atom. The second kappa shape index (κ2) is 8.43. The van der Waals surface area contributed by atoms with Gasteiger partial charge in [-0.15, -0.1) is 0 Å². The van der Waals surface area contributed by atoms with Gasteiger partial charge in [-0.25, -0.2) is 0 Å². The average Bonchev–Trinajstić information content (AvgIpc) is 2.55. The Bertz CT molecular complexity index is 382. The molecule has 2 nitrogen and oxygen atoms in total. The van der Waals surface area contributed by atoms with Crippen molar-refractivity contribution in [3.63, 3.8) is 0 Å². The molecule has 2 heteroatoms. The third-order valence-corrected chi connectivity index (χ3v) is 4.87. The van der Waals surface area contributed by atoms with Crippen molar-refractivity contribution in [2.45, 2.75) is 52.4 Å². The Morgan fingerprint density at radius 3 is 2.38 bits per heavy atom. The summed E-state index contributed by atoms with van der Waals surface area (Å²) in [4.78, 5) is 2.57. The first-order valence-corrected chi connectivity index (χ1v) is 8.80. The van der Waals surface area contributed by atoms with Gasteiger partial charge in [0.2, 0.25) is 0 Å². The van der Waals surface area contributed by atoms with E-state index < -0.39 is 0 Å². The standard InChI is InChI=1S/C19H32N2/c1-3-15-20-16-19(13-9-6-10-14-19)17-21(4-2)18-11-7-5-8-12-18/h5,7-8,11-12,20H,3-4,6,9-10,13-17H2,1-2H3. The quantitative estimate of drug-likeness (QED) is 0.710. The molecule has 118 valence electrons. The summed E-state index contributed by atoms with van der Waals surface area (Å²) < 4.78 is 0. The van der Waals surface area contributed by atoms with Gasteiger partial charge in [0.1, 0.15) is 0 Å². The molecular formula is C19H32N2. The van der Waals surface area contributed by atoms with Gasteiger partial charge in [-0.05, 0) is 44.9 Å². The molecule has 2 rings (SSSR count). The number of benzene rings is 1. The second-order valence-corrected chi connectivity index (χ2v) is 6.59. The van der Waals surface area contributed by atoms with Crippen molar-refractivity contribution in [1.82, 2.24) is 5.32 Å². The summed E-state index contributed by atoms with van der Waals surface area (Å²) >= 11 is 0. The smallest absolute Gasteiger partial charge is 0.0366 e. The molecule has 1 fully saturated rings. The molecule has 21 heavy (non-hydrogen) atoms. The normalized spacial score (nSPS) is 17.6. The van der Waals surface area contributed by atoms with E-state index in [1.54, 1.807) is 0 Å². The van der Waals surface area contributed by atoms with Crippen LogP contribution in [0.25, 0.3) is 0 Å². The highest BCUT2D eigenvalue weighted by Gasteiger charge is 2.33. The first-order valence-electron chi connectivity index (χ1n) is 8.80. The summed E-state index contributed by atoms with van der Waals surface area (Å²) in [6.45, 7) is 9.17.